The van der Waals surface area contributed by atoms with E-state index in [1.807, 2.05) is 0 Å². The summed E-state index contributed by atoms with van der Waals surface area (Å²) in [5.74, 6) is 0. The average Bonchev–Trinajstić information content (AvgIpc) is 2.73. The first kappa shape index (κ1) is 10.0. The van der Waals surface area contributed by atoms with Crippen LogP contribution in [-0.4, -0.2) is 4.98 Å². The lowest BCUT2D eigenvalue weighted by Crippen LogP contribution is -1.75. The zero-order valence-corrected chi connectivity index (χ0v) is 10.8. The summed E-state index contributed by atoms with van der Waals surface area (Å²) in [4.78, 5) is 4.72. The summed E-state index contributed by atoms with van der Waals surface area (Å²) < 4.78 is 1.30. The van der Waals surface area contributed by atoms with E-state index in [-0.39, 0.29) is 0 Å². The first-order valence-corrected chi connectivity index (χ1v) is 6.81. The fourth-order valence-corrected chi connectivity index (χ4v) is 3.44. The average molecular weight is 249 g/mol. The van der Waals surface area contributed by atoms with Gasteiger partial charge in [-0.05, 0) is 36.6 Å². The second-order valence-electron chi connectivity index (χ2n) is 4.64. The maximum Gasteiger partial charge on any atom is 0.125 e. The summed E-state index contributed by atoms with van der Waals surface area (Å²) in [7, 11) is 0. The topological polar surface area (TPSA) is 12.9 Å². The number of hydrogen-bond donors (Lipinski definition) is 0. The van der Waals surface area contributed by atoms with Crippen LogP contribution in [0.5, 0.6) is 0 Å². The molecule has 1 nitrogen and oxygen atoms in total. The molecule has 2 heteroatoms. The van der Waals surface area contributed by atoms with Gasteiger partial charge in [-0.3, -0.25) is 0 Å². The normalized spacial score (nSPS) is 11.6. The molecule has 0 aliphatic carbocycles. The molecular weight excluding hydrogens is 238 g/mol. The van der Waals surface area contributed by atoms with Gasteiger partial charge in [-0.25, -0.2) is 4.98 Å². The molecule has 2 aromatic rings. The summed E-state index contributed by atoms with van der Waals surface area (Å²) >= 11 is 1.77. The van der Waals surface area contributed by atoms with E-state index in [0.717, 1.165) is 10.5 Å². The molecule has 2 heterocycles. The highest BCUT2D eigenvalue weighted by Gasteiger charge is 2.13. The summed E-state index contributed by atoms with van der Waals surface area (Å²) in [6, 6.07) is 17.2. The van der Waals surface area contributed by atoms with Crippen LogP contribution in [0, 0.1) is 6.92 Å². The van der Waals surface area contributed by atoms with Gasteiger partial charge in [0.1, 0.15) is 5.01 Å². The third kappa shape index (κ3) is 1.36. The molecule has 18 heavy (non-hydrogen) atoms. The first-order valence-electron chi connectivity index (χ1n) is 6.00. The predicted octanol–water partition coefficient (Wildman–Crippen LogP) is 4.86. The van der Waals surface area contributed by atoms with Gasteiger partial charge in [-0.15, -0.1) is 11.3 Å². The molecule has 0 unspecified atom stereocenters. The van der Waals surface area contributed by atoms with E-state index in [2.05, 4.69) is 55.5 Å². The molecule has 0 atom stereocenters. The van der Waals surface area contributed by atoms with Crippen LogP contribution in [0.2, 0.25) is 0 Å². The van der Waals surface area contributed by atoms with E-state index in [1.54, 1.807) is 11.3 Å². The largest absolute Gasteiger partial charge is 0.237 e. The molecule has 0 fully saturated rings. The quantitative estimate of drug-likeness (QED) is 0.433. The molecule has 86 valence electrons. The van der Waals surface area contributed by atoms with Crippen molar-refractivity contribution in [2.24, 2.45) is 0 Å². The van der Waals surface area contributed by atoms with E-state index in [0.29, 0.717) is 0 Å². The third-order valence-electron chi connectivity index (χ3n) is 3.32. The smallest absolute Gasteiger partial charge is 0.125 e. The van der Waals surface area contributed by atoms with Gasteiger partial charge in [0.05, 0.1) is 5.52 Å². The summed E-state index contributed by atoms with van der Waals surface area (Å²) in [6.07, 6.45) is 0. The molecule has 0 aromatic heterocycles. The van der Waals surface area contributed by atoms with Crippen LogP contribution >= 0.6 is 11.3 Å². The van der Waals surface area contributed by atoms with Crippen LogP contribution in [0.15, 0.2) is 48.5 Å². The molecular formula is C16H11NS. The minimum Gasteiger partial charge on any atom is -0.237 e. The number of aryl methyl sites for hydroxylation is 1. The molecule has 2 aliphatic heterocycles. The molecule has 0 spiro atoms. The Morgan fingerprint density at radius 2 is 1.89 bits per heavy atom. The zero-order chi connectivity index (χ0) is 12.1. The van der Waals surface area contributed by atoms with Gasteiger partial charge < -0.3 is 0 Å². The van der Waals surface area contributed by atoms with Crippen molar-refractivity contribution in [3.63, 3.8) is 0 Å². The van der Waals surface area contributed by atoms with Gasteiger partial charge in [-0.2, -0.15) is 0 Å². The van der Waals surface area contributed by atoms with E-state index >= 15 is 0 Å². The van der Waals surface area contributed by atoms with Crippen LogP contribution in [0.25, 0.3) is 31.6 Å². The second kappa shape index (κ2) is 3.53. The summed E-state index contributed by atoms with van der Waals surface area (Å²) in [5, 5.41) is 3.70. The number of rotatable bonds is 0. The Balaban J connectivity index is 2.21. The van der Waals surface area contributed by atoms with Crippen molar-refractivity contribution >= 4 is 32.3 Å². The molecule has 0 amide bonds. The second-order valence-corrected chi connectivity index (χ2v) is 5.67. The Kier molecular flexibility index (Phi) is 1.97. The van der Waals surface area contributed by atoms with Gasteiger partial charge in [0.15, 0.2) is 0 Å². The van der Waals surface area contributed by atoms with Crippen LogP contribution in [0.4, 0.5) is 0 Å². The number of nitrogens with zero attached hydrogens (tertiary/aromatic N) is 1. The maximum atomic E-state index is 4.72. The number of benzene rings is 2. The van der Waals surface area contributed by atoms with Crippen LogP contribution < -0.4 is 0 Å². The van der Waals surface area contributed by atoms with E-state index < -0.39 is 0 Å². The van der Waals surface area contributed by atoms with Gasteiger partial charge in [0.2, 0.25) is 0 Å². The van der Waals surface area contributed by atoms with Gasteiger partial charge in [-0.1, -0.05) is 29.8 Å². The van der Waals surface area contributed by atoms with Crippen LogP contribution in [0.3, 0.4) is 0 Å². The van der Waals surface area contributed by atoms with E-state index in [9.17, 15) is 0 Å². The van der Waals surface area contributed by atoms with Crippen LogP contribution in [-0.2, 0) is 0 Å². The van der Waals surface area contributed by atoms with Gasteiger partial charge in [0, 0.05) is 15.6 Å². The zero-order valence-electron chi connectivity index (χ0n) is 9.97. The summed E-state index contributed by atoms with van der Waals surface area (Å²) in [5.41, 5.74) is 3.66. The van der Waals surface area contributed by atoms with Crippen LogP contribution in [0.1, 0.15) is 5.56 Å². The predicted molar refractivity (Wildman–Crippen MR) is 78.5 cm³/mol. The van der Waals surface area contributed by atoms with Crippen molar-refractivity contribution in [1.82, 2.24) is 4.98 Å². The van der Waals surface area contributed by atoms with Crippen molar-refractivity contribution < 1.29 is 0 Å². The molecule has 0 saturated carbocycles. The Morgan fingerprint density at radius 3 is 2.83 bits per heavy atom. The Bertz CT molecular complexity index is 844. The molecule has 0 saturated heterocycles. The fraction of sp³-hybridized carbons (Fsp3) is 0.0625. The molecule has 2 aromatic carbocycles. The molecule has 4 rings (SSSR count). The number of fused-ring (bicyclic) bond motifs is 4. The Hall–Kier alpha value is -1.93. The lowest BCUT2D eigenvalue weighted by molar-refractivity contribution is 1.48. The highest BCUT2D eigenvalue weighted by atomic mass is 32.1. The number of aromatic nitrogens is 1. The molecule has 0 radical (unpaired) electrons. The lowest BCUT2D eigenvalue weighted by Gasteiger charge is -2.01. The highest BCUT2D eigenvalue weighted by molar-refractivity contribution is 7.21. The van der Waals surface area contributed by atoms with Gasteiger partial charge >= 0.3 is 0 Å². The van der Waals surface area contributed by atoms with Crippen molar-refractivity contribution in [2.75, 3.05) is 0 Å². The van der Waals surface area contributed by atoms with Crippen molar-refractivity contribution in [2.45, 2.75) is 6.92 Å². The standard InChI is InChI=1S/C16H11NS/c1-10-6-7-14-12(8-10)13-9-11-4-2-3-5-15(11)18-16(13)17-14/h2-9H,1H3. The molecule has 0 bridgehead atoms. The van der Waals surface area contributed by atoms with E-state index in [4.69, 9.17) is 4.98 Å². The molecule has 2 aliphatic rings. The van der Waals surface area contributed by atoms with Crippen molar-refractivity contribution in [3.8, 4) is 10.6 Å². The van der Waals surface area contributed by atoms with Gasteiger partial charge in [0.25, 0.3) is 0 Å². The van der Waals surface area contributed by atoms with Crippen molar-refractivity contribution in [3.05, 3.63) is 54.1 Å². The van der Waals surface area contributed by atoms with Crippen molar-refractivity contribution in [1.29, 1.82) is 0 Å². The SMILES string of the molecule is Cc1ccc2nc3sc4ccccc4cc-3c2c1. The first-order chi connectivity index (χ1) is 8.81. The van der Waals surface area contributed by atoms with E-state index in [1.165, 1.54) is 26.6 Å². The number of hydrogen-bond acceptors (Lipinski definition) is 2. The third-order valence-corrected chi connectivity index (χ3v) is 4.42. The minimum atomic E-state index is 1.10. The maximum absolute atomic E-state index is 4.72. The minimum absolute atomic E-state index is 1.10. The summed E-state index contributed by atoms with van der Waals surface area (Å²) in [6.45, 7) is 2.13. The lowest BCUT2D eigenvalue weighted by atomic mass is 10.1. The Morgan fingerprint density at radius 1 is 1.00 bits per heavy atom. The monoisotopic (exact) mass is 249 g/mol. The molecule has 0 N–H and O–H groups in total. The fourth-order valence-electron chi connectivity index (χ4n) is 2.42. The highest BCUT2D eigenvalue weighted by Crippen LogP contribution is 2.38. The Labute approximate surface area is 109 Å².